The number of carbonyl (C=O) groups is 9. The summed E-state index contributed by atoms with van der Waals surface area (Å²) in [6.07, 6.45) is 0.698. The molecule has 19 nitrogen and oxygen atoms in total. The highest BCUT2D eigenvalue weighted by atomic mass is 32.1. The Kier molecular flexibility index (Phi) is 21.0. The number of nitrogens with zero attached hydrogens (tertiary/aromatic N) is 1. The molecular weight excluding hydrogens is 801 g/mol. The van der Waals surface area contributed by atoms with Crippen LogP contribution in [0, 0.1) is 17.8 Å². The van der Waals surface area contributed by atoms with E-state index in [0.29, 0.717) is 18.4 Å². The molecule has 0 saturated carbocycles. The molecule has 1 aliphatic heterocycles. The van der Waals surface area contributed by atoms with Crippen LogP contribution >= 0.6 is 12.6 Å². The molecule has 8 atom stereocenters. The topological polar surface area (TPSA) is 296 Å². The zero-order valence-corrected chi connectivity index (χ0v) is 36.0. The van der Waals surface area contributed by atoms with Gasteiger partial charge in [-0.25, -0.2) is 4.79 Å². The van der Waals surface area contributed by atoms with Gasteiger partial charge in [-0.2, -0.15) is 12.6 Å². The van der Waals surface area contributed by atoms with Gasteiger partial charge in [0.2, 0.25) is 41.4 Å². The van der Waals surface area contributed by atoms with Gasteiger partial charge in [0.05, 0.1) is 19.0 Å². The summed E-state index contributed by atoms with van der Waals surface area (Å²) >= 11 is 4.26. The van der Waals surface area contributed by atoms with Crippen molar-refractivity contribution in [3.05, 3.63) is 35.9 Å². The van der Waals surface area contributed by atoms with E-state index in [1.165, 1.54) is 4.90 Å². The minimum atomic E-state index is -1.39. The second kappa shape index (κ2) is 24.7. The third-order valence-electron chi connectivity index (χ3n) is 10.1. The first-order valence-corrected chi connectivity index (χ1v) is 20.8. The van der Waals surface area contributed by atoms with E-state index in [0.717, 1.165) is 0 Å². The summed E-state index contributed by atoms with van der Waals surface area (Å²) in [5.74, 6) is -8.67. The van der Waals surface area contributed by atoms with Gasteiger partial charge < -0.3 is 52.7 Å². The molecule has 1 fully saturated rings. The number of hydrogen-bond acceptors (Lipinski definition) is 11. The molecular formula is C40H62N8O11S. The Bertz CT molecular complexity index is 1680. The largest absolute Gasteiger partial charge is 0.481 e. The molecule has 0 bridgehead atoms. The van der Waals surface area contributed by atoms with E-state index >= 15 is 0 Å². The Balaban J connectivity index is 2.14. The number of amides is 7. The van der Waals surface area contributed by atoms with Crippen molar-refractivity contribution in [2.75, 3.05) is 18.8 Å². The molecule has 1 aromatic carbocycles. The van der Waals surface area contributed by atoms with E-state index in [2.05, 4.69) is 44.5 Å². The normalized spacial score (nSPS) is 17.2. The first-order chi connectivity index (χ1) is 28.2. The quantitative estimate of drug-likeness (QED) is 0.0579. The number of hydrogen-bond donors (Lipinski definition) is 10. The number of nitrogens with two attached hydrogens (primary N) is 1. The Morgan fingerprint density at radius 1 is 0.783 bits per heavy atom. The Morgan fingerprint density at radius 3 is 1.93 bits per heavy atom. The average molecular weight is 863 g/mol. The molecule has 0 radical (unpaired) electrons. The summed E-state index contributed by atoms with van der Waals surface area (Å²) in [4.78, 5) is 118. The van der Waals surface area contributed by atoms with E-state index in [9.17, 15) is 48.3 Å². The second-order valence-electron chi connectivity index (χ2n) is 15.8. The van der Waals surface area contributed by atoms with Crippen molar-refractivity contribution in [2.24, 2.45) is 23.5 Å². The van der Waals surface area contributed by atoms with Crippen LogP contribution in [-0.4, -0.2) is 130 Å². The van der Waals surface area contributed by atoms with Gasteiger partial charge in [-0.3, -0.25) is 38.4 Å². The Hall–Kier alpha value is -5.24. The van der Waals surface area contributed by atoms with Crippen LogP contribution in [0.3, 0.4) is 0 Å². The predicted octanol–water partition coefficient (Wildman–Crippen LogP) is -0.675. The van der Waals surface area contributed by atoms with Gasteiger partial charge in [0.1, 0.15) is 36.3 Å². The Labute approximate surface area is 355 Å². The van der Waals surface area contributed by atoms with Gasteiger partial charge in [-0.1, -0.05) is 78.3 Å². The van der Waals surface area contributed by atoms with Gasteiger partial charge in [0, 0.05) is 18.7 Å². The third-order valence-corrected chi connectivity index (χ3v) is 10.5. The molecule has 0 unspecified atom stereocenters. The molecule has 1 aliphatic rings. The minimum absolute atomic E-state index is 0.0168. The van der Waals surface area contributed by atoms with Crippen molar-refractivity contribution in [1.82, 2.24) is 36.8 Å². The summed E-state index contributed by atoms with van der Waals surface area (Å²) in [6, 6.07) is 0.395. The summed E-state index contributed by atoms with van der Waals surface area (Å²) in [5, 5.41) is 34.1. The fourth-order valence-electron chi connectivity index (χ4n) is 6.49. The van der Waals surface area contributed by atoms with Crippen LogP contribution in [0.5, 0.6) is 0 Å². The number of aliphatic carboxylic acids is 2. The van der Waals surface area contributed by atoms with Crippen molar-refractivity contribution in [3.63, 3.8) is 0 Å². The standard InChI is InChI=1S/C40H62N8O11S/c1-7-23(6)33(47-34(52)25(41)18-31(50)51)38(56)42-19-30(49)48-15-11-14-29(48)37(55)46-32(22(4)5)39(57)45-28(20-60)36(54)43-26(17-24-12-9-8-10-13-24)35(53)44-27(40(58)59)16-21(2)3/h8-10,12-13,21-23,25-29,32-33,60H,7,11,14-20,41H2,1-6H3,(H,42,56)(H,43,54)(H,44,53)(H,45,57)(H,46,55)(H,47,52)(H,50,51)(H,58,59)/t23-,25-,26-,27-,28-,29-,32-,33-/m0/s1. The van der Waals surface area contributed by atoms with Gasteiger partial charge in [0.15, 0.2) is 0 Å². The van der Waals surface area contributed by atoms with E-state index in [-0.39, 0.29) is 37.5 Å². The smallest absolute Gasteiger partial charge is 0.326 e. The molecule has 1 aromatic rings. The monoisotopic (exact) mass is 862 g/mol. The maximum Gasteiger partial charge on any atom is 0.326 e. The van der Waals surface area contributed by atoms with Gasteiger partial charge in [-0.05, 0) is 42.6 Å². The van der Waals surface area contributed by atoms with Crippen molar-refractivity contribution >= 4 is 65.9 Å². The summed E-state index contributed by atoms with van der Waals surface area (Å²) in [7, 11) is 0. The fraction of sp³-hybridized carbons (Fsp3) is 0.625. The van der Waals surface area contributed by atoms with Crippen LogP contribution in [-0.2, 0) is 49.6 Å². The van der Waals surface area contributed by atoms with Gasteiger partial charge >= 0.3 is 11.9 Å². The number of nitrogens with one attached hydrogen (secondary N) is 6. The van der Waals surface area contributed by atoms with Crippen molar-refractivity contribution in [3.8, 4) is 0 Å². The number of thiol groups is 1. The summed E-state index contributed by atoms with van der Waals surface area (Å²) in [5.41, 5.74) is 6.34. The zero-order chi connectivity index (χ0) is 45.3. The van der Waals surface area contributed by atoms with E-state index in [1.807, 2.05) is 13.8 Å². The lowest BCUT2D eigenvalue weighted by molar-refractivity contribution is -0.143. The number of likely N-dealkylation sites (tertiary alicyclic amines) is 1. The Morgan fingerprint density at radius 2 is 1.38 bits per heavy atom. The zero-order valence-electron chi connectivity index (χ0n) is 35.1. The average Bonchev–Trinajstić information content (AvgIpc) is 3.69. The SMILES string of the molecule is CC[C@H](C)[C@H](NC(=O)[C@@H](N)CC(=O)O)C(=O)NCC(=O)N1CCC[C@H]1C(=O)N[C@H](C(=O)N[C@@H](CS)C(=O)N[C@@H](Cc1ccccc1)C(=O)N[C@@H](CC(C)C)C(=O)O)C(C)C. The molecule has 0 aliphatic carbocycles. The molecule has 20 heteroatoms. The highest BCUT2D eigenvalue weighted by Crippen LogP contribution is 2.19. The van der Waals surface area contributed by atoms with Crippen molar-refractivity contribution in [1.29, 1.82) is 0 Å². The van der Waals surface area contributed by atoms with E-state index in [4.69, 9.17) is 10.8 Å². The van der Waals surface area contributed by atoms with Crippen LogP contribution in [0.2, 0.25) is 0 Å². The lowest BCUT2D eigenvalue weighted by atomic mass is 9.97. The molecule has 2 rings (SSSR count). The second-order valence-corrected chi connectivity index (χ2v) is 16.2. The molecule has 60 heavy (non-hydrogen) atoms. The summed E-state index contributed by atoms with van der Waals surface area (Å²) < 4.78 is 0. The molecule has 7 amide bonds. The molecule has 0 aromatic heterocycles. The highest BCUT2D eigenvalue weighted by molar-refractivity contribution is 7.80. The molecule has 10 N–H and O–H groups in total. The minimum Gasteiger partial charge on any atom is -0.481 e. The number of carboxylic acids is 2. The number of carbonyl (C=O) groups excluding carboxylic acids is 7. The molecule has 334 valence electrons. The van der Waals surface area contributed by atoms with Crippen LogP contribution in [0.25, 0.3) is 0 Å². The van der Waals surface area contributed by atoms with Crippen LogP contribution < -0.4 is 37.6 Å². The van der Waals surface area contributed by atoms with Crippen molar-refractivity contribution < 1.29 is 53.4 Å². The number of rotatable bonds is 24. The van der Waals surface area contributed by atoms with E-state index in [1.54, 1.807) is 58.0 Å². The van der Waals surface area contributed by atoms with Crippen LogP contribution in [0.15, 0.2) is 30.3 Å². The maximum absolute atomic E-state index is 13.7. The van der Waals surface area contributed by atoms with Gasteiger partial charge in [-0.15, -0.1) is 0 Å². The van der Waals surface area contributed by atoms with Gasteiger partial charge in [0.25, 0.3) is 0 Å². The molecule has 1 heterocycles. The van der Waals surface area contributed by atoms with E-state index < -0.39 is 120 Å². The molecule has 1 saturated heterocycles. The first kappa shape index (κ1) is 50.9. The third kappa shape index (κ3) is 16.1. The fourth-order valence-corrected chi connectivity index (χ4v) is 6.75. The maximum atomic E-state index is 13.7. The lowest BCUT2D eigenvalue weighted by Gasteiger charge is -2.29. The van der Waals surface area contributed by atoms with Crippen LogP contribution in [0.1, 0.15) is 79.2 Å². The van der Waals surface area contributed by atoms with Crippen molar-refractivity contribution in [2.45, 2.75) is 122 Å². The first-order valence-electron chi connectivity index (χ1n) is 20.1. The molecule has 0 spiro atoms. The lowest BCUT2D eigenvalue weighted by Crippen LogP contribution is -2.60. The number of benzene rings is 1. The van der Waals surface area contributed by atoms with Crippen LogP contribution in [0.4, 0.5) is 0 Å². The highest BCUT2D eigenvalue weighted by Gasteiger charge is 2.38. The summed E-state index contributed by atoms with van der Waals surface area (Å²) in [6.45, 7) is 10.1. The predicted molar refractivity (Wildman–Crippen MR) is 223 cm³/mol. The number of carboxylic acid groups (broad SMARTS) is 2.